The molecule has 0 radical (unpaired) electrons. The quantitative estimate of drug-likeness (QED) is 0.633. The maximum atomic E-state index is 12.9. The number of halogens is 1. The number of hydrogen-bond acceptors (Lipinski definition) is 3. The smallest absolute Gasteiger partial charge is 0.277 e. The Morgan fingerprint density at radius 3 is 2.69 bits per heavy atom. The van der Waals surface area contributed by atoms with Gasteiger partial charge in [-0.15, -0.1) is 0 Å². The van der Waals surface area contributed by atoms with Crippen LogP contribution in [0.3, 0.4) is 0 Å². The Labute approximate surface area is 92.4 Å². The molecule has 2 N–H and O–H groups in total. The molecule has 0 amide bonds. The second-order valence-corrected chi connectivity index (χ2v) is 4.18. The monoisotopic (exact) mass is 224 g/mol. The van der Waals surface area contributed by atoms with Crippen molar-refractivity contribution in [2.45, 2.75) is 25.3 Å². The second-order valence-electron chi connectivity index (χ2n) is 4.18. The molecule has 0 aliphatic heterocycles. The number of nitrogens with zero attached hydrogens (tertiary/aromatic N) is 1. The third-order valence-corrected chi connectivity index (χ3v) is 3.21. The number of benzene rings is 1. The largest absolute Gasteiger partial charge is 0.324 e. The van der Waals surface area contributed by atoms with Crippen LogP contribution in [0.1, 0.15) is 30.9 Å². The van der Waals surface area contributed by atoms with Crippen LogP contribution in [0.25, 0.3) is 0 Å². The summed E-state index contributed by atoms with van der Waals surface area (Å²) in [4.78, 5) is 10.2. The molecular weight excluding hydrogens is 211 g/mol. The highest BCUT2D eigenvalue weighted by Crippen LogP contribution is 2.39. The third-order valence-electron chi connectivity index (χ3n) is 3.21. The van der Waals surface area contributed by atoms with E-state index in [1.807, 2.05) is 0 Å². The van der Waals surface area contributed by atoms with Gasteiger partial charge < -0.3 is 5.73 Å². The summed E-state index contributed by atoms with van der Waals surface area (Å²) in [7, 11) is 0. The van der Waals surface area contributed by atoms with Gasteiger partial charge in [0.05, 0.1) is 11.0 Å². The van der Waals surface area contributed by atoms with Gasteiger partial charge >= 0.3 is 0 Å². The van der Waals surface area contributed by atoms with Crippen molar-refractivity contribution in [2.75, 3.05) is 0 Å². The summed E-state index contributed by atoms with van der Waals surface area (Å²) >= 11 is 0. The highest BCUT2D eigenvalue weighted by atomic mass is 19.1. The highest BCUT2D eigenvalue weighted by molar-refractivity contribution is 5.42. The minimum Gasteiger partial charge on any atom is -0.324 e. The normalized spacial score (nSPS) is 17.9. The van der Waals surface area contributed by atoms with Gasteiger partial charge in [0, 0.05) is 11.6 Å². The minimum atomic E-state index is -0.601. The molecule has 0 unspecified atom stereocenters. The summed E-state index contributed by atoms with van der Waals surface area (Å²) < 4.78 is 12.9. The molecule has 0 spiro atoms. The lowest BCUT2D eigenvalue weighted by Gasteiger charge is -2.31. The molecule has 1 aromatic carbocycles. The molecule has 0 heterocycles. The molecule has 1 atom stereocenters. The van der Waals surface area contributed by atoms with Crippen LogP contribution < -0.4 is 5.73 Å². The fourth-order valence-corrected chi connectivity index (χ4v) is 2.01. The molecule has 2 rings (SSSR count). The van der Waals surface area contributed by atoms with Crippen LogP contribution in [0.5, 0.6) is 0 Å². The van der Waals surface area contributed by atoms with E-state index in [-0.39, 0.29) is 11.7 Å². The molecule has 0 bridgehead atoms. The molecule has 86 valence electrons. The van der Waals surface area contributed by atoms with Gasteiger partial charge in [-0.25, -0.2) is 4.39 Å². The van der Waals surface area contributed by atoms with Gasteiger partial charge in [-0.2, -0.15) is 0 Å². The Bertz CT molecular complexity index is 418. The van der Waals surface area contributed by atoms with E-state index in [0.717, 1.165) is 25.3 Å². The molecule has 4 nitrogen and oxygen atoms in total. The number of rotatable bonds is 3. The van der Waals surface area contributed by atoms with Crippen molar-refractivity contribution < 1.29 is 9.31 Å². The van der Waals surface area contributed by atoms with E-state index in [9.17, 15) is 14.5 Å². The summed E-state index contributed by atoms with van der Waals surface area (Å²) in [5, 5.41) is 10.8. The third kappa shape index (κ3) is 1.90. The van der Waals surface area contributed by atoms with Gasteiger partial charge in [0.15, 0.2) is 0 Å². The molecule has 0 saturated heterocycles. The Morgan fingerprint density at radius 2 is 2.19 bits per heavy atom. The van der Waals surface area contributed by atoms with E-state index in [0.29, 0.717) is 11.5 Å². The van der Waals surface area contributed by atoms with Crippen LogP contribution in [-0.2, 0) is 0 Å². The minimum absolute atomic E-state index is 0.209. The predicted octanol–water partition coefficient (Wildman–Crippen LogP) is 2.53. The zero-order valence-corrected chi connectivity index (χ0v) is 8.73. The Balaban J connectivity index is 2.34. The van der Waals surface area contributed by atoms with E-state index in [4.69, 9.17) is 5.73 Å². The number of hydrogen-bond donors (Lipinski definition) is 1. The lowest BCUT2D eigenvalue weighted by Crippen LogP contribution is -2.27. The maximum Gasteiger partial charge on any atom is 0.277 e. The number of nitrogens with two attached hydrogens (primary N) is 1. The summed E-state index contributed by atoms with van der Waals surface area (Å²) in [6.45, 7) is 0. The average molecular weight is 224 g/mol. The predicted molar refractivity (Wildman–Crippen MR) is 57.3 cm³/mol. The fraction of sp³-hybridized carbons (Fsp3) is 0.455. The van der Waals surface area contributed by atoms with E-state index in [1.54, 1.807) is 0 Å². The summed E-state index contributed by atoms with van der Waals surface area (Å²) in [5.74, 6) is -0.305. The lowest BCUT2D eigenvalue weighted by atomic mass is 9.77. The van der Waals surface area contributed by atoms with Gasteiger partial charge in [0.2, 0.25) is 0 Å². The van der Waals surface area contributed by atoms with Crippen molar-refractivity contribution in [1.29, 1.82) is 0 Å². The van der Waals surface area contributed by atoms with Gasteiger partial charge in [0.1, 0.15) is 5.82 Å². The number of nitro groups is 1. The zero-order valence-electron chi connectivity index (χ0n) is 8.73. The highest BCUT2D eigenvalue weighted by Gasteiger charge is 2.30. The van der Waals surface area contributed by atoms with Crippen LogP contribution >= 0.6 is 0 Å². The molecule has 5 heteroatoms. The average Bonchev–Trinajstić information content (AvgIpc) is 2.14. The summed E-state index contributed by atoms with van der Waals surface area (Å²) in [5.41, 5.74) is 6.19. The van der Waals surface area contributed by atoms with Gasteiger partial charge in [-0.3, -0.25) is 10.1 Å². The molecule has 1 saturated carbocycles. The Kier molecular flexibility index (Phi) is 2.87. The summed E-state index contributed by atoms with van der Waals surface area (Å²) in [6, 6.07) is 3.24. The van der Waals surface area contributed by atoms with Crippen LogP contribution in [0.15, 0.2) is 18.2 Å². The van der Waals surface area contributed by atoms with Gasteiger partial charge in [-0.1, -0.05) is 6.42 Å². The first-order valence-electron chi connectivity index (χ1n) is 5.29. The van der Waals surface area contributed by atoms with E-state index in [2.05, 4.69) is 0 Å². The van der Waals surface area contributed by atoms with Crippen molar-refractivity contribution in [2.24, 2.45) is 11.7 Å². The Hall–Kier alpha value is -1.49. The first-order valence-corrected chi connectivity index (χ1v) is 5.29. The van der Waals surface area contributed by atoms with Crippen LogP contribution in [0.4, 0.5) is 10.1 Å². The first-order chi connectivity index (χ1) is 7.59. The standard InChI is InChI=1S/C11H13FN2O2/c12-8-4-5-9(10(6-8)14(15)16)11(13)7-2-1-3-7/h4-7,11H,1-3,13H2/t11-/m1/s1. The molecule has 0 aromatic heterocycles. The van der Waals surface area contributed by atoms with Crippen molar-refractivity contribution in [1.82, 2.24) is 0 Å². The lowest BCUT2D eigenvalue weighted by molar-refractivity contribution is -0.386. The number of nitro benzene ring substituents is 1. The van der Waals surface area contributed by atoms with Gasteiger partial charge in [-0.05, 0) is 30.9 Å². The fourth-order valence-electron chi connectivity index (χ4n) is 2.01. The molecule has 1 aliphatic carbocycles. The van der Waals surface area contributed by atoms with Crippen molar-refractivity contribution in [3.05, 3.63) is 39.7 Å². The first kappa shape index (κ1) is 11.0. The SMILES string of the molecule is N[C@@H](c1ccc(F)cc1[N+](=O)[O-])C1CCC1. The Morgan fingerprint density at radius 1 is 1.50 bits per heavy atom. The maximum absolute atomic E-state index is 12.9. The molecule has 1 aromatic rings. The molecule has 1 aliphatic rings. The topological polar surface area (TPSA) is 69.2 Å². The summed E-state index contributed by atoms with van der Waals surface area (Å²) in [6.07, 6.45) is 3.11. The van der Waals surface area contributed by atoms with Crippen molar-refractivity contribution in [3.8, 4) is 0 Å². The van der Waals surface area contributed by atoms with Crippen molar-refractivity contribution >= 4 is 5.69 Å². The van der Waals surface area contributed by atoms with E-state index < -0.39 is 10.7 Å². The zero-order chi connectivity index (χ0) is 11.7. The second kappa shape index (κ2) is 4.17. The molecular formula is C11H13FN2O2. The molecule has 1 fully saturated rings. The van der Waals surface area contributed by atoms with Crippen LogP contribution in [0, 0.1) is 21.8 Å². The molecule has 16 heavy (non-hydrogen) atoms. The van der Waals surface area contributed by atoms with Crippen molar-refractivity contribution in [3.63, 3.8) is 0 Å². The van der Waals surface area contributed by atoms with E-state index >= 15 is 0 Å². The van der Waals surface area contributed by atoms with Gasteiger partial charge in [0.25, 0.3) is 5.69 Å². The van der Waals surface area contributed by atoms with Crippen LogP contribution in [0.2, 0.25) is 0 Å². The van der Waals surface area contributed by atoms with Crippen LogP contribution in [-0.4, -0.2) is 4.92 Å². The van der Waals surface area contributed by atoms with E-state index in [1.165, 1.54) is 12.1 Å².